The zero-order valence-electron chi connectivity index (χ0n) is 10.6. The molecule has 0 saturated carbocycles. The predicted octanol–water partition coefficient (Wildman–Crippen LogP) is -0.734. The van der Waals surface area contributed by atoms with E-state index in [0.29, 0.717) is 13.1 Å². The third kappa shape index (κ3) is 2.62. The highest BCUT2D eigenvalue weighted by Gasteiger charge is 2.47. The van der Waals surface area contributed by atoms with Crippen LogP contribution in [0, 0.1) is 0 Å². The van der Waals surface area contributed by atoms with E-state index in [0.717, 1.165) is 25.4 Å². The molecule has 7 nitrogen and oxygen atoms in total. The number of sulfone groups is 2. The second-order valence-corrected chi connectivity index (χ2v) is 8.75. The van der Waals surface area contributed by atoms with Crippen LogP contribution in [0.3, 0.4) is 0 Å². The van der Waals surface area contributed by atoms with Gasteiger partial charge in [-0.15, -0.1) is 0 Å². The molecule has 1 fully saturated rings. The van der Waals surface area contributed by atoms with Gasteiger partial charge in [-0.2, -0.15) is 0 Å². The van der Waals surface area contributed by atoms with Crippen LogP contribution in [0.4, 0.5) is 0 Å². The molecule has 2 aliphatic heterocycles. The fourth-order valence-corrected chi connectivity index (χ4v) is 3.87. The van der Waals surface area contributed by atoms with Gasteiger partial charge in [0, 0.05) is 25.6 Å². The molecular formula is C10H15NO6S2. The van der Waals surface area contributed by atoms with Crippen molar-refractivity contribution in [3.05, 3.63) is 10.8 Å². The lowest BCUT2D eigenvalue weighted by Crippen LogP contribution is -2.32. The third-order valence-corrected chi connectivity index (χ3v) is 5.05. The van der Waals surface area contributed by atoms with Crippen LogP contribution in [0.1, 0.15) is 12.8 Å². The minimum absolute atomic E-state index is 0.115. The van der Waals surface area contributed by atoms with Gasteiger partial charge in [0.05, 0.1) is 0 Å². The largest absolute Gasteiger partial charge is 0.453 e. The van der Waals surface area contributed by atoms with Crippen LogP contribution in [0.5, 0.6) is 0 Å². The molecule has 2 aliphatic rings. The molecule has 0 amide bonds. The Morgan fingerprint density at radius 2 is 1.63 bits per heavy atom. The molecule has 2 rings (SSSR count). The number of carbonyl (C=O) groups excluding carboxylic acids is 1. The number of hydrogen-bond donors (Lipinski definition) is 0. The standard InChI is InChI=1S/C10H15NO6S2/c1-18(13,14)9-7(11-5-3-4-6-11)8(12)10(17-9)19(2,15)16/h10H,3-6H2,1-2H3. The van der Waals surface area contributed by atoms with E-state index in [2.05, 4.69) is 0 Å². The minimum Gasteiger partial charge on any atom is -0.453 e. The first-order chi connectivity index (χ1) is 8.62. The maximum Gasteiger partial charge on any atom is 0.263 e. The monoisotopic (exact) mass is 309 g/mol. The molecule has 1 saturated heterocycles. The Labute approximate surface area is 112 Å². The van der Waals surface area contributed by atoms with Crippen LogP contribution in [0.2, 0.25) is 0 Å². The Hall–Kier alpha value is -1.09. The molecule has 9 heteroatoms. The van der Waals surface area contributed by atoms with E-state index in [1.165, 1.54) is 0 Å². The molecule has 1 unspecified atom stereocenters. The SMILES string of the molecule is CS(=O)(=O)C1=C(N2CCCC2)C(=O)C(S(C)(=O)=O)O1. The first-order valence-corrected chi connectivity index (χ1v) is 9.56. The van der Waals surface area contributed by atoms with Crippen molar-refractivity contribution >= 4 is 25.5 Å². The summed E-state index contributed by atoms with van der Waals surface area (Å²) in [5.41, 5.74) is -1.86. The second-order valence-electron chi connectivity index (χ2n) is 4.75. The van der Waals surface area contributed by atoms with Crippen molar-refractivity contribution in [2.75, 3.05) is 25.6 Å². The molecule has 0 bridgehead atoms. The third-order valence-electron chi connectivity index (χ3n) is 3.00. The van der Waals surface area contributed by atoms with Crippen LogP contribution < -0.4 is 0 Å². The molecule has 19 heavy (non-hydrogen) atoms. The normalized spacial score (nSPS) is 25.1. The van der Waals surface area contributed by atoms with Crippen molar-refractivity contribution in [1.29, 1.82) is 0 Å². The predicted molar refractivity (Wildman–Crippen MR) is 67.4 cm³/mol. The minimum atomic E-state index is -3.81. The van der Waals surface area contributed by atoms with Crippen LogP contribution >= 0.6 is 0 Å². The highest BCUT2D eigenvalue weighted by molar-refractivity contribution is 7.94. The number of ketones is 1. The number of ether oxygens (including phenoxy) is 1. The summed E-state index contributed by atoms with van der Waals surface area (Å²) in [7, 11) is -7.60. The summed E-state index contributed by atoms with van der Waals surface area (Å²) in [5.74, 6) is -0.787. The topological polar surface area (TPSA) is 97.8 Å². The van der Waals surface area contributed by atoms with E-state index in [9.17, 15) is 21.6 Å². The van der Waals surface area contributed by atoms with Gasteiger partial charge in [0.25, 0.3) is 5.44 Å². The van der Waals surface area contributed by atoms with Crippen LogP contribution in [0.25, 0.3) is 0 Å². The second kappa shape index (κ2) is 4.48. The molecular weight excluding hydrogens is 294 g/mol. The van der Waals surface area contributed by atoms with Gasteiger partial charge in [-0.05, 0) is 12.8 Å². The van der Waals surface area contributed by atoms with E-state index in [1.54, 1.807) is 4.90 Å². The summed E-state index contributed by atoms with van der Waals surface area (Å²) in [5, 5.41) is -0.519. The van der Waals surface area contributed by atoms with Crippen molar-refractivity contribution < 1.29 is 26.4 Å². The molecule has 0 aliphatic carbocycles. The highest BCUT2D eigenvalue weighted by atomic mass is 32.2. The summed E-state index contributed by atoms with van der Waals surface area (Å²) in [4.78, 5) is 13.7. The molecule has 0 N–H and O–H groups in total. The van der Waals surface area contributed by atoms with Gasteiger partial charge >= 0.3 is 0 Å². The first kappa shape index (κ1) is 14.3. The van der Waals surface area contributed by atoms with E-state index < -0.39 is 36.0 Å². The average Bonchev–Trinajstić information content (AvgIpc) is 2.80. The number of likely N-dealkylation sites (tertiary alicyclic amines) is 1. The molecule has 0 aromatic rings. The molecule has 2 heterocycles. The number of nitrogens with zero attached hydrogens (tertiary/aromatic N) is 1. The van der Waals surface area contributed by atoms with Crippen molar-refractivity contribution in [3.8, 4) is 0 Å². The Morgan fingerprint density at radius 3 is 2.05 bits per heavy atom. The molecule has 0 radical (unpaired) electrons. The Bertz CT molecular complexity index is 640. The van der Waals surface area contributed by atoms with E-state index in [4.69, 9.17) is 4.74 Å². The average molecular weight is 309 g/mol. The molecule has 108 valence electrons. The highest BCUT2D eigenvalue weighted by Crippen LogP contribution is 2.32. The van der Waals surface area contributed by atoms with E-state index >= 15 is 0 Å². The van der Waals surface area contributed by atoms with Crippen LogP contribution in [-0.4, -0.2) is 58.6 Å². The van der Waals surface area contributed by atoms with Crippen molar-refractivity contribution in [2.45, 2.75) is 18.3 Å². The summed E-state index contributed by atoms with van der Waals surface area (Å²) in [6.45, 7) is 1.06. The van der Waals surface area contributed by atoms with Gasteiger partial charge in [0.2, 0.25) is 20.7 Å². The number of Topliss-reactive ketones (excluding diaryl/α,β-unsaturated/α-hetero) is 1. The quantitative estimate of drug-likeness (QED) is 0.677. The first-order valence-electron chi connectivity index (χ1n) is 5.71. The van der Waals surface area contributed by atoms with Gasteiger partial charge in [0.15, 0.2) is 9.84 Å². The fraction of sp³-hybridized carbons (Fsp3) is 0.700. The van der Waals surface area contributed by atoms with E-state index in [1.807, 2.05) is 0 Å². The van der Waals surface area contributed by atoms with Crippen LogP contribution in [-0.2, 0) is 29.2 Å². The van der Waals surface area contributed by atoms with Gasteiger partial charge in [-0.3, -0.25) is 4.79 Å². The van der Waals surface area contributed by atoms with Crippen molar-refractivity contribution in [1.82, 2.24) is 4.90 Å². The van der Waals surface area contributed by atoms with Crippen molar-refractivity contribution in [3.63, 3.8) is 0 Å². The summed E-state index contributed by atoms with van der Waals surface area (Å²) >= 11 is 0. The lowest BCUT2D eigenvalue weighted by atomic mass is 10.3. The van der Waals surface area contributed by atoms with Gasteiger partial charge < -0.3 is 9.64 Å². The van der Waals surface area contributed by atoms with E-state index in [-0.39, 0.29) is 5.70 Å². The molecule has 0 spiro atoms. The van der Waals surface area contributed by atoms with Crippen molar-refractivity contribution in [2.24, 2.45) is 0 Å². The Kier molecular flexibility index (Phi) is 3.38. The zero-order valence-corrected chi connectivity index (χ0v) is 12.3. The van der Waals surface area contributed by atoms with Gasteiger partial charge in [0.1, 0.15) is 5.70 Å². The zero-order chi connectivity index (χ0) is 14.4. The Balaban J connectivity index is 2.51. The van der Waals surface area contributed by atoms with Gasteiger partial charge in [-0.25, -0.2) is 16.8 Å². The lowest BCUT2D eigenvalue weighted by Gasteiger charge is -2.17. The Morgan fingerprint density at radius 1 is 1.11 bits per heavy atom. The number of rotatable bonds is 3. The molecule has 0 aromatic carbocycles. The maximum atomic E-state index is 12.1. The summed E-state index contributed by atoms with van der Waals surface area (Å²) < 4.78 is 51.2. The van der Waals surface area contributed by atoms with Gasteiger partial charge in [-0.1, -0.05) is 0 Å². The fourth-order valence-electron chi connectivity index (χ4n) is 2.19. The smallest absolute Gasteiger partial charge is 0.263 e. The number of carbonyl (C=O) groups is 1. The lowest BCUT2D eigenvalue weighted by molar-refractivity contribution is -0.119. The van der Waals surface area contributed by atoms with Crippen LogP contribution in [0.15, 0.2) is 10.8 Å². The summed E-state index contributed by atoms with van der Waals surface area (Å²) in [6.07, 6.45) is 3.41. The summed E-state index contributed by atoms with van der Waals surface area (Å²) in [6, 6.07) is 0. The maximum absolute atomic E-state index is 12.1. The molecule has 1 atom stereocenters. The molecule has 0 aromatic heterocycles. The number of hydrogen-bond acceptors (Lipinski definition) is 7.